The number of aromatic hydroxyl groups is 1. The normalized spacial score (nSPS) is 12.2. The van der Waals surface area contributed by atoms with Crippen molar-refractivity contribution in [2.24, 2.45) is 0 Å². The van der Waals surface area contributed by atoms with E-state index in [1.165, 1.54) is 5.56 Å². The first-order valence-corrected chi connectivity index (χ1v) is 20.4. The van der Waals surface area contributed by atoms with E-state index in [1.54, 1.807) is 6.07 Å². The summed E-state index contributed by atoms with van der Waals surface area (Å²) in [5, 5.41) is 11.7. The Hall–Kier alpha value is -7.82. The lowest BCUT2D eigenvalue weighted by Gasteiger charge is -2.16. The van der Waals surface area contributed by atoms with E-state index in [-0.39, 0.29) is 11.3 Å². The fourth-order valence-corrected chi connectivity index (χ4v) is 8.41. The number of hydrogen-bond donors (Lipinski definition) is 1. The Bertz CT molecular complexity index is 3320. The van der Waals surface area contributed by atoms with Gasteiger partial charge in [-0.1, -0.05) is 140 Å². The van der Waals surface area contributed by atoms with Crippen LogP contribution in [-0.2, 0) is 0 Å². The van der Waals surface area contributed by atoms with Crippen LogP contribution in [-0.4, -0.2) is 19.6 Å². The summed E-state index contributed by atoms with van der Waals surface area (Å²) in [4.78, 5) is 10.3. The van der Waals surface area contributed by atoms with Crippen LogP contribution in [0, 0.1) is 20.7 Å². The SMILES string of the molecule is [2H]C([2H])([2H])c1cc(-c2ccccc2)ccc1-n1c(-c2cc(C)cc(C)c2O)nc2c(-c3cc(-c4ccccc4)cc(-c4cc(-c5ccc(-c6ccccc6)cc5)ccn4)c3)cccc21. The number of aryl methyl sites for hydroxylation is 3. The molecule has 61 heavy (non-hydrogen) atoms. The Kier molecular flexibility index (Phi) is 8.80. The van der Waals surface area contributed by atoms with Gasteiger partial charge in [0.1, 0.15) is 11.6 Å². The lowest BCUT2D eigenvalue weighted by Crippen LogP contribution is -2.01. The molecule has 0 saturated carbocycles. The maximum atomic E-state index is 11.7. The maximum absolute atomic E-state index is 11.7. The Morgan fingerprint density at radius 2 is 1.03 bits per heavy atom. The molecule has 4 nitrogen and oxygen atoms in total. The van der Waals surface area contributed by atoms with Crippen LogP contribution in [0.1, 0.15) is 20.8 Å². The number of nitrogens with zero attached hydrogens (tertiary/aromatic N) is 3. The zero-order chi connectivity index (χ0) is 44.0. The van der Waals surface area contributed by atoms with E-state index in [4.69, 9.17) is 14.1 Å². The van der Waals surface area contributed by atoms with E-state index < -0.39 is 6.85 Å². The number of hydrogen-bond acceptors (Lipinski definition) is 3. The number of phenolic OH excluding ortho intramolecular Hbond substituents is 1. The molecule has 10 rings (SSSR count). The minimum absolute atomic E-state index is 0.0917. The van der Waals surface area contributed by atoms with Crippen LogP contribution in [0.15, 0.2) is 200 Å². The summed E-state index contributed by atoms with van der Waals surface area (Å²) in [6.45, 7) is 1.38. The van der Waals surface area contributed by atoms with E-state index in [9.17, 15) is 5.11 Å². The van der Waals surface area contributed by atoms with E-state index >= 15 is 0 Å². The first-order valence-electron chi connectivity index (χ1n) is 21.9. The number of aromatic nitrogens is 3. The topological polar surface area (TPSA) is 50.9 Å². The predicted molar refractivity (Wildman–Crippen MR) is 253 cm³/mol. The molecule has 0 spiro atoms. The van der Waals surface area contributed by atoms with Gasteiger partial charge in [-0.3, -0.25) is 9.55 Å². The molecule has 10 aromatic rings. The number of fused-ring (bicyclic) bond motifs is 1. The molecule has 1 N–H and O–H groups in total. The smallest absolute Gasteiger partial charge is 0.149 e. The molecule has 2 heterocycles. The van der Waals surface area contributed by atoms with Gasteiger partial charge in [-0.25, -0.2) is 4.98 Å². The van der Waals surface area contributed by atoms with Crippen LogP contribution >= 0.6 is 0 Å². The third-order valence-corrected chi connectivity index (χ3v) is 11.4. The van der Waals surface area contributed by atoms with E-state index in [2.05, 4.69) is 91.0 Å². The maximum Gasteiger partial charge on any atom is 0.149 e. The standard InChI is InChI=1S/C57H43N3O/c1-37-30-39(3)56(61)51(31-37)57-59-55-50(20-13-21-54(55)60(57)53-27-26-45(32-38(53)2)41-16-9-5-10-17-41)48-33-47(42-18-11-6-12-19-42)34-49(35-48)52-36-46(28-29-58-52)44-24-22-43(23-25-44)40-14-7-4-8-15-40/h4-36,61H,1-3H3/i2D3. The molecule has 0 aliphatic rings. The van der Waals surface area contributed by atoms with Gasteiger partial charge in [-0.2, -0.15) is 0 Å². The Morgan fingerprint density at radius 3 is 1.72 bits per heavy atom. The second-order valence-electron chi connectivity index (χ2n) is 15.6. The summed E-state index contributed by atoms with van der Waals surface area (Å²) in [5.74, 6) is 0.533. The van der Waals surface area contributed by atoms with E-state index in [0.717, 1.165) is 66.9 Å². The Labute approximate surface area is 361 Å². The summed E-state index contributed by atoms with van der Waals surface area (Å²) in [6, 6.07) is 65.2. The number of rotatable bonds is 8. The zero-order valence-corrected chi connectivity index (χ0v) is 33.8. The summed E-state index contributed by atoms with van der Waals surface area (Å²) in [7, 11) is 0. The van der Waals surface area contributed by atoms with Gasteiger partial charge in [0, 0.05) is 21.4 Å². The van der Waals surface area contributed by atoms with Crippen LogP contribution < -0.4 is 0 Å². The Morgan fingerprint density at radius 1 is 0.459 bits per heavy atom. The number of benzene rings is 8. The van der Waals surface area contributed by atoms with Gasteiger partial charge < -0.3 is 5.11 Å². The zero-order valence-electron chi connectivity index (χ0n) is 36.8. The average molecular weight is 789 g/mol. The Balaban J connectivity index is 1.18. The van der Waals surface area contributed by atoms with Crippen molar-refractivity contribution in [1.82, 2.24) is 14.5 Å². The molecule has 8 aromatic carbocycles. The molecule has 0 atom stereocenters. The second kappa shape index (κ2) is 15.7. The van der Waals surface area contributed by atoms with Gasteiger partial charge in [0.2, 0.25) is 0 Å². The van der Waals surface area contributed by atoms with Crippen molar-refractivity contribution in [2.75, 3.05) is 0 Å². The fourth-order valence-electron chi connectivity index (χ4n) is 8.41. The van der Waals surface area contributed by atoms with Crippen molar-refractivity contribution < 1.29 is 9.22 Å². The van der Waals surface area contributed by atoms with Crippen LogP contribution in [0.3, 0.4) is 0 Å². The highest BCUT2D eigenvalue weighted by Gasteiger charge is 2.23. The fraction of sp³-hybridized carbons (Fsp3) is 0.0526. The first-order chi connectivity index (χ1) is 31.1. The molecule has 2 aromatic heterocycles. The number of pyridine rings is 1. The minimum Gasteiger partial charge on any atom is -0.507 e. The van der Waals surface area contributed by atoms with Crippen molar-refractivity contribution >= 4 is 11.0 Å². The lowest BCUT2D eigenvalue weighted by atomic mass is 9.93. The number of imidazole rings is 1. The molecule has 0 aliphatic heterocycles. The summed E-state index contributed by atoms with van der Waals surface area (Å²) >= 11 is 0. The van der Waals surface area contributed by atoms with Crippen LogP contribution in [0.2, 0.25) is 0 Å². The third-order valence-electron chi connectivity index (χ3n) is 11.4. The third kappa shape index (κ3) is 7.19. The predicted octanol–water partition coefficient (Wildman–Crippen LogP) is 14.7. The number of para-hydroxylation sites is 1. The van der Waals surface area contributed by atoms with Crippen molar-refractivity contribution in [2.45, 2.75) is 20.7 Å². The molecule has 0 amide bonds. The molecule has 292 valence electrons. The molecule has 0 fully saturated rings. The van der Waals surface area contributed by atoms with Gasteiger partial charge >= 0.3 is 0 Å². The molecule has 0 saturated heterocycles. The highest BCUT2D eigenvalue weighted by Crippen LogP contribution is 2.42. The first kappa shape index (κ1) is 34.1. The molecular weight excluding hydrogens is 743 g/mol. The van der Waals surface area contributed by atoms with Crippen molar-refractivity contribution in [3.63, 3.8) is 0 Å². The molecule has 4 heteroatoms. The van der Waals surface area contributed by atoms with Gasteiger partial charge in [-0.05, 0) is 142 Å². The van der Waals surface area contributed by atoms with Gasteiger partial charge in [0.25, 0.3) is 0 Å². The highest BCUT2D eigenvalue weighted by molar-refractivity contribution is 5.98. The highest BCUT2D eigenvalue weighted by atomic mass is 16.3. The van der Waals surface area contributed by atoms with Gasteiger partial charge in [0.05, 0.1) is 28.0 Å². The van der Waals surface area contributed by atoms with Crippen molar-refractivity contribution in [3.8, 4) is 89.7 Å². The molecule has 0 unspecified atom stereocenters. The van der Waals surface area contributed by atoms with Crippen LogP contribution in [0.25, 0.3) is 95.0 Å². The summed E-state index contributed by atoms with van der Waals surface area (Å²) in [5.41, 5.74) is 15.9. The van der Waals surface area contributed by atoms with Crippen LogP contribution in [0.4, 0.5) is 0 Å². The minimum atomic E-state index is -2.47. The average Bonchev–Trinajstić information content (AvgIpc) is 3.72. The molecule has 0 bridgehead atoms. The second-order valence-corrected chi connectivity index (χ2v) is 15.6. The quantitative estimate of drug-likeness (QED) is 0.167. The molecule has 0 radical (unpaired) electrons. The molecule has 0 aliphatic carbocycles. The van der Waals surface area contributed by atoms with Crippen LogP contribution in [0.5, 0.6) is 5.75 Å². The van der Waals surface area contributed by atoms with Crippen molar-refractivity contribution in [3.05, 3.63) is 217 Å². The molecular formula is C57H43N3O. The largest absolute Gasteiger partial charge is 0.507 e. The van der Waals surface area contributed by atoms with Gasteiger partial charge in [0.15, 0.2) is 0 Å². The lowest BCUT2D eigenvalue weighted by molar-refractivity contribution is 0.472. The number of phenols is 1. The monoisotopic (exact) mass is 788 g/mol. The van der Waals surface area contributed by atoms with E-state index in [0.29, 0.717) is 33.7 Å². The van der Waals surface area contributed by atoms with E-state index in [1.807, 2.05) is 122 Å². The van der Waals surface area contributed by atoms with Gasteiger partial charge in [-0.15, -0.1) is 0 Å². The van der Waals surface area contributed by atoms with Crippen molar-refractivity contribution in [1.29, 1.82) is 0 Å². The summed E-state index contributed by atoms with van der Waals surface area (Å²) < 4.78 is 28.3. The summed E-state index contributed by atoms with van der Waals surface area (Å²) in [6.07, 6.45) is 1.86.